The maximum absolute atomic E-state index is 12.1. The van der Waals surface area contributed by atoms with Crippen LogP contribution >= 0.6 is 11.6 Å². The van der Waals surface area contributed by atoms with Crippen molar-refractivity contribution < 1.29 is 19.1 Å². The van der Waals surface area contributed by atoms with E-state index in [2.05, 4.69) is 5.32 Å². The molecule has 0 spiro atoms. The molecule has 0 saturated heterocycles. The van der Waals surface area contributed by atoms with Crippen LogP contribution in [-0.4, -0.2) is 25.1 Å². The van der Waals surface area contributed by atoms with Crippen LogP contribution in [0.15, 0.2) is 54.1 Å². The van der Waals surface area contributed by atoms with Gasteiger partial charge in [-0.25, -0.2) is 4.79 Å². The summed E-state index contributed by atoms with van der Waals surface area (Å²) in [5, 5.41) is 3.27. The first kappa shape index (κ1) is 17.0. The molecule has 2 aromatic rings. The number of halogens is 1. The van der Waals surface area contributed by atoms with Crippen molar-refractivity contribution >= 4 is 29.6 Å². The van der Waals surface area contributed by atoms with Gasteiger partial charge in [-0.05, 0) is 29.8 Å². The van der Waals surface area contributed by atoms with E-state index in [0.717, 1.165) is 16.9 Å². The van der Waals surface area contributed by atoms with Crippen molar-refractivity contribution in [1.82, 2.24) is 5.32 Å². The first-order valence-electron chi connectivity index (χ1n) is 7.72. The van der Waals surface area contributed by atoms with Gasteiger partial charge in [-0.15, -0.1) is 0 Å². The Morgan fingerprint density at radius 3 is 2.84 bits per heavy atom. The maximum Gasteiger partial charge on any atom is 0.338 e. The van der Waals surface area contributed by atoms with Crippen molar-refractivity contribution in [3.63, 3.8) is 0 Å². The van der Waals surface area contributed by atoms with Gasteiger partial charge in [0.25, 0.3) is 5.91 Å². The SMILES string of the molecule is O=C(COC(=O)C1=Cc2ccccc2OC1)NCc1cccc(Cl)c1. The van der Waals surface area contributed by atoms with Gasteiger partial charge in [-0.2, -0.15) is 0 Å². The molecule has 25 heavy (non-hydrogen) atoms. The van der Waals surface area contributed by atoms with Crippen LogP contribution in [0.5, 0.6) is 5.75 Å². The van der Waals surface area contributed by atoms with E-state index in [-0.39, 0.29) is 19.1 Å². The number of esters is 1. The summed E-state index contributed by atoms with van der Waals surface area (Å²) < 4.78 is 10.5. The Labute approximate surface area is 150 Å². The quantitative estimate of drug-likeness (QED) is 0.835. The number of nitrogens with one attached hydrogen (secondary N) is 1. The van der Waals surface area contributed by atoms with Gasteiger partial charge >= 0.3 is 5.97 Å². The average Bonchev–Trinajstić information content (AvgIpc) is 2.64. The fraction of sp³-hybridized carbons (Fsp3) is 0.158. The Bertz CT molecular complexity index is 832. The number of carbonyl (C=O) groups is 2. The highest BCUT2D eigenvalue weighted by Gasteiger charge is 2.19. The topological polar surface area (TPSA) is 64.6 Å². The van der Waals surface area contributed by atoms with Gasteiger partial charge in [-0.1, -0.05) is 41.9 Å². The van der Waals surface area contributed by atoms with E-state index in [4.69, 9.17) is 21.1 Å². The molecule has 0 bridgehead atoms. The van der Waals surface area contributed by atoms with Gasteiger partial charge in [0.1, 0.15) is 12.4 Å². The molecular formula is C19H16ClNO4. The third-order valence-corrected chi connectivity index (χ3v) is 3.84. The Kier molecular flexibility index (Phi) is 5.36. The van der Waals surface area contributed by atoms with Gasteiger partial charge in [0.05, 0.1) is 5.57 Å². The standard InChI is InChI=1S/C19H16ClNO4/c20-16-6-3-4-13(8-16)10-21-18(22)12-25-19(23)15-9-14-5-1-2-7-17(14)24-11-15/h1-9H,10-12H2,(H,21,22). The lowest BCUT2D eigenvalue weighted by atomic mass is 10.1. The predicted octanol–water partition coefficient (Wildman–Crippen LogP) is 2.98. The third-order valence-electron chi connectivity index (χ3n) is 3.61. The van der Waals surface area contributed by atoms with Crippen molar-refractivity contribution in [3.05, 3.63) is 70.3 Å². The number of hydrogen-bond donors (Lipinski definition) is 1. The average molecular weight is 358 g/mol. The number of rotatable bonds is 5. The van der Waals surface area contributed by atoms with E-state index in [9.17, 15) is 9.59 Å². The number of para-hydroxylation sites is 1. The molecule has 0 fully saturated rings. The van der Waals surface area contributed by atoms with Crippen LogP contribution in [-0.2, 0) is 20.9 Å². The smallest absolute Gasteiger partial charge is 0.338 e. The van der Waals surface area contributed by atoms with Crippen molar-refractivity contribution in [2.24, 2.45) is 0 Å². The molecule has 1 amide bonds. The lowest BCUT2D eigenvalue weighted by Gasteiger charge is -2.16. The molecule has 1 aliphatic heterocycles. The van der Waals surface area contributed by atoms with Gasteiger partial charge < -0.3 is 14.8 Å². The summed E-state index contributed by atoms with van der Waals surface area (Å²) in [5.74, 6) is -0.225. The molecule has 0 aliphatic carbocycles. The van der Waals surface area contributed by atoms with E-state index in [1.54, 1.807) is 24.3 Å². The minimum Gasteiger partial charge on any atom is -0.488 e. The van der Waals surface area contributed by atoms with Crippen LogP contribution in [0, 0.1) is 0 Å². The van der Waals surface area contributed by atoms with Crippen LogP contribution < -0.4 is 10.1 Å². The molecule has 128 valence electrons. The highest BCUT2D eigenvalue weighted by atomic mass is 35.5. The van der Waals surface area contributed by atoms with Crippen LogP contribution in [0.25, 0.3) is 6.08 Å². The molecule has 1 N–H and O–H groups in total. The predicted molar refractivity (Wildman–Crippen MR) is 94.2 cm³/mol. The molecule has 2 aromatic carbocycles. The molecule has 0 radical (unpaired) electrons. The fourth-order valence-corrected chi connectivity index (χ4v) is 2.57. The minimum absolute atomic E-state index is 0.125. The molecule has 0 saturated carbocycles. The van der Waals surface area contributed by atoms with Gasteiger partial charge in [0.2, 0.25) is 0 Å². The zero-order valence-corrected chi connectivity index (χ0v) is 14.1. The third kappa shape index (κ3) is 4.61. The summed E-state index contributed by atoms with van der Waals surface area (Å²) in [7, 11) is 0. The van der Waals surface area contributed by atoms with Crippen LogP contribution in [0.1, 0.15) is 11.1 Å². The van der Waals surface area contributed by atoms with E-state index in [1.807, 2.05) is 30.3 Å². The molecule has 1 aliphatic rings. The molecule has 0 aromatic heterocycles. The van der Waals surface area contributed by atoms with Crippen LogP contribution in [0.3, 0.4) is 0 Å². The van der Waals surface area contributed by atoms with Crippen molar-refractivity contribution in [3.8, 4) is 5.75 Å². The molecule has 5 nitrogen and oxygen atoms in total. The molecule has 3 rings (SSSR count). The summed E-state index contributed by atoms with van der Waals surface area (Å²) in [6.07, 6.45) is 1.71. The first-order chi connectivity index (χ1) is 12.1. The highest BCUT2D eigenvalue weighted by molar-refractivity contribution is 6.30. The molecule has 1 heterocycles. The Hall–Kier alpha value is -2.79. The van der Waals surface area contributed by atoms with Gasteiger partial charge in [0, 0.05) is 17.1 Å². The summed E-state index contributed by atoms with van der Waals surface area (Å²) in [6.45, 7) is 0.0918. The highest BCUT2D eigenvalue weighted by Crippen LogP contribution is 2.26. The van der Waals surface area contributed by atoms with E-state index in [1.165, 1.54) is 0 Å². The lowest BCUT2D eigenvalue weighted by molar-refractivity contribution is -0.145. The number of benzene rings is 2. The summed E-state index contributed by atoms with van der Waals surface area (Å²) in [4.78, 5) is 23.9. The number of carbonyl (C=O) groups excluding carboxylic acids is 2. The Morgan fingerprint density at radius 1 is 1.16 bits per heavy atom. The Morgan fingerprint density at radius 2 is 2.00 bits per heavy atom. The Balaban J connectivity index is 1.49. The van der Waals surface area contributed by atoms with E-state index in [0.29, 0.717) is 17.1 Å². The molecular weight excluding hydrogens is 342 g/mol. The zero-order chi connectivity index (χ0) is 17.6. The summed E-state index contributed by atoms with van der Waals surface area (Å²) in [6, 6.07) is 14.6. The molecule has 0 unspecified atom stereocenters. The molecule has 6 heteroatoms. The van der Waals surface area contributed by atoms with Crippen LogP contribution in [0.4, 0.5) is 0 Å². The maximum atomic E-state index is 12.1. The minimum atomic E-state index is -0.563. The van der Waals surface area contributed by atoms with Crippen molar-refractivity contribution in [1.29, 1.82) is 0 Å². The van der Waals surface area contributed by atoms with Crippen molar-refractivity contribution in [2.45, 2.75) is 6.54 Å². The largest absolute Gasteiger partial charge is 0.488 e. The second kappa shape index (κ2) is 7.85. The number of fused-ring (bicyclic) bond motifs is 1. The lowest BCUT2D eigenvalue weighted by Crippen LogP contribution is -2.29. The second-order valence-electron chi connectivity index (χ2n) is 5.48. The summed E-state index contributed by atoms with van der Waals surface area (Å²) >= 11 is 5.88. The van der Waals surface area contributed by atoms with E-state index >= 15 is 0 Å². The number of amides is 1. The normalized spacial score (nSPS) is 12.4. The zero-order valence-electron chi connectivity index (χ0n) is 13.3. The van der Waals surface area contributed by atoms with Gasteiger partial charge in [-0.3, -0.25) is 4.79 Å². The molecule has 0 atom stereocenters. The number of ether oxygens (including phenoxy) is 2. The first-order valence-corrected chi connectivity index (χ1v) is 8.10. The van der Waals surface area contributed by atoms with Crippen LogP contribution in [0.2, 0.25) is 5.02 Å². The van der Waals surface area contributed by atoms with Crippen molar-refractivity contribution in [2.75, 3.05) is 13.2 Å². The van der Waals surface area contributed by atoms with Gasteiger partial charge in [0.15, 0.2) is 6.61 Å². The van der Waals surface area contributed by atoms with E-state index < -0.39 is 5.97 Å². The monoisotopic (exact) mass is 357 g/mol. The summed E-state index contributed by atoms with van der Waals surface area (Å²) in [5.41, 5.74) is 2.06. The fourth-order valence-electron chi connectivity index (χ4n) is 2.36. The second-order valence-corrected chi connectivity index (χ2v) is 5.92. The number of hydrogen-bond acceptors (Lipinski definition) is 4.